The molecular formula is C4H9N3O2. The number of nitrogens with two attached hydrogens (primary N) is 1. The number of rotatable bonds is 3. The molecule has 52 valence electrons. The van der Waals surface area contributed by atoms with Gasteiger partial charge in [0.05, 0.1) is 0 Å². The fourth-order valence-corrected chi connectivity index (χ4v) is 0.267. The molecule has 0 unspecified atom stereocenters. The Morgan fingerprint density at radius 1 is 2.22 bits per heavy atom. The number of hydrogen-bond acceptors (Lipinski definition) is 3. The first-order chi connectivity index (χ1) is 5.38. The fraction of sp³-hybridized carbons (Fsp3) is 0.500. The van der Waals surface area contributed by atoms with Crippen molar-refractivity contribution in [3.8, 4) is 0 Å². The van der Waals surface area contributed by atoms with Crippen molar-refractivity contribution < 1.29 is 14.0 Å². The summed E-state index contributed by atoms with van der Waals surface area (Å²) in [5, 5.41) is 11.2. The molecule has 5 heteroatoms. The first kappa shape index (κ1) is 3.71. The predicted molar refractivity (Wildman–Crippen MR) is 32.9 cm³/mol. The second kappa shape index (κ2) is 3.71. The van der Waals surface area contributed by atoms with E-state index in [2.05, 4.69) is 10.9 Å². The highest BCUT2D eigenvalue weighted by Crippen LogP contribution is 1.73. The molecular weight excluding hydrogens is 122 g/mol. The number of likely N-dealkylation sites (N-methyl/N-ethyl adjacent to an activating group) is 1. The van der Waals surface area contributed by atoms with Crippen molar-refractivity contribution in [2.45, 2.75) is 0 Å². The highest BCUT2D eigenvalue weighted by molar-refractivity contribution is 5.72. The molecule has 0 radical (unpaired) electrons. The highest BCUT2D eigenvalue weighted by atomic mass is 16.4. The summed E-state index contributed by atoms with van der Waals surface area (Å²) in [6.07, 6.45) is 0.765. The van der Waals surface area contributed by atoms with E-state index in [1.807, 2.05) is 0 Å². The molecule has 0 fully saturated rings. The summed E-state index contributed by atoms with van der Waals surface area (Å²) in [6, 6.07) is 0. The Labute approximate surface area is 57.0 Å². The maximum atomic E-state index is 10.1. The van der Waals surface area contributed by atoms with Crippen LogP contribution in [0.25, 0.3) is 0 Å². The molecule has 3 N–H and O–H groups in total. The second-order valence-electron chi connectivity index (χ2n) is 1.29. The number of hydrogen-bond donors (Lipinski definition) is 2. The van der Waals surface area contributed by atoms with Crippen molar-refractivity contribution in [1.82, 2.24) is 4.90 Å². The standard InChI is InChI=1S/C4H9N3O2/c1-7(3-6-5)2-4(8)9/h3H,2,5H2,1H3,(H,8,9)/i1D3. The van der Waals surface area contributed by atoms with Gasteiger partial charge in [-0.05, 0) is 0 Å². The lowest BCUT2D eigenvalue weighted by atomic mass is 10.6. The fourth-order valence-electron chi connectivity index (χ4n) is 0.267. The summed E-state index contributed by atoms with van der Waals surface area (Å²) < 4.78 is 20.5. The van der Waals surface area contributed by atoms with E-state index in [0.717, 1.165) is 6.34 Å². The quantitative estimate of drug-likeness (QED) is 0.222. The van der Waals surface area contributed by atoms with Crippen LogP contribution in [0, 0.1) is 0 Å². The average Bonchev–Trinajstić information content (AvgIpc) is 1.83. The molecule has 5 nitrogen and oxygen atoms in total. The number of aliphatic carboxylic acids is 1. The van der Waals surface area contributed by atoms with Gasteiger partial charge in [0, 0.05) is 11.1 Å². The van der Waals surface area contributed by atoms with Gasteiger partial charge in [0.25, 0.3) is 0 Å². The normalized spacial score (nSPS) is 16.2. The zero-order valence-corrected chi connectivity index (χ0v) is 4.61. The van der Waals surface area contributed by atoms with E-state index < -0.39 is 19.5 Å². The molecule has 0 aromatic rings. The van der Waals surface area contributed by atoms with E-state index in [4.69, 9.17) is 9.22 Å². The summed E-state index contributed by atoms with van der Waals surface area (Å²) in [6.45, 7) is -3.18. The number of nitrogens with zero attached hydrogens (tertiary/aromatic N) is 2. The van der Waals surface area contributed by atoms with Gasteiger partial charge < -0.3 is 15.8 Å². The third-order valence-electron chi connectivity index (χ3n) is 0.512. The first-order valence-corrected chi connectivity index (χ1v) is 2.10. The zero-order valence-electron chi connectivity index (χ0n) is 7.61. The van der Waals surface area contributed by atoms with Gasteiger partial charge in [-0.2, -0.15) is 5.10 Å². The molecule has 0 spiro atoms. The molecule has 0 aliphatic heterocycles. The topological polar surface area (TPSA) is 78.9 Å². The van der Waals surface area contributed by atoms with Crippen LogP contribution in [0.15, 0.2) is 5.10 Å². The van der Waals surface area contributed by atoms with Crippen LogP contribution in [0.3, 0.4) is 0 Å². The molecule has 0 aromatic heterocycles. The van der Waals surface area contributed by atoms with Crippen molar-refractivity contribution in [3.63, 3.8) is 0 Å². The lowest BCUT2D eigenvalue weighted by molar-refractivity contribution is -0.137. The Kier molecular flexibility index (Phi) is 1.53. The zero-order chi connectivity index (χ0) is 9.78. The molecule has 0 aromatic carbocycles. The van der Waals surface area contributed by atoms with Crippen LogP contribution in [0.2, 0.25) is 0 Å². The van der Waals surface area contributed by atoms with Crippen LogP contribution in [0.4, 0.5) is 0 Å². The first-order valence-electron chi connectivity index (χ1n) is 3.60. The van der Waals surface area contributed by atoms with Crippen LogP contribution in [-0.4, -0.2) is 35.8 Å². The molecule has 0 rings (SSSR count). The largest absolute Gasteiger partial charge is 0.480 e. The SMILES string of the molecule is [2H]C([2H])([2H])N(C=NN)CC(=O)O. The van der Waals surface area contributed by atoms with E-state index in [1.165, 1.54) is 0 Å². The number of carboxylic acid groups (broad SMARTS) is 1. The lowest BCUT2D eigenvalue weighted by Gasteiger charge is -2.06. The van der Waals surface area contributed by atoms with E-state index in [9.17, 15) is 4.79 Å². The minimum atomic E-state index is -2.53. The molecule has 0 saturated heterocycles. The minimum absolute atomic E-state index is 0.551. The molecule has 0 aliphatic rings. The van der Waals surface area contributed by atoms with Gasteiger partial charge in [0.1, 0.15) is 12.9 Å². The van der Waals surface area contributed by atoms with Crippen molar-refractivity contribution in [2.24, 2.45) is 10.9 Å². The molecule has 0 atom stereocenters. The Balaban J connectivity index is 4.34. The van der Waals surface area contributed by atoms with Crippen molar-refractivity contribution in [2.75, 3.05) is 13.5 Å². The van der Waals surface area contributed by atoms with Crippen LogP contribution in [-0.2, 0) is 4.79 Å². The lowest BCUT2D eigenvalue weighted by Crippen LogP contribution is -2.24. The molecule has 0 amide bonds. The molecule has 0 aliphatic carbocycles. The Morgan fingerprint density at radius 3 is 3.22 bits per heavy atom. The van der Waals surface area contributed by atoms with E-state index in [1.54, 1.807) is 0 Å². The smallest absolute Gasteiger partial charge is 0.323 e. The number of hydrazone groups is 1. The Morgan fingerprint density at radius 2 is 2.89 bits per heavy atom. The van der Waals surface area contributed by atoms with Crippen LogP contribution in [0.1, 0.15) is 4.11 Å². The molecule has 0 bridgehead atoms. The number of carboxylic acids is 1. The predicted octanol–water partition coefficient (Wildman–Crippen LogP) is -1.10. The summed E-state index contributed by atoms with van der Waals surface area (Å²) in [4.78, 5) is 10.7. The van der Waals surface area contributed by atoms with Crippen LogP contribution in [0.5, 0.6) is 0 Å². The van der Waals surface area contributed by atoms with Gasteiger partial charge in [-0.25, -0.2) is 0 Å². The van der Waals surface area contributed by atoms with Gasteiger partial charge in [-0.1, -0.05) is 0 Å². The maximum absolute atomic E-state index is 10.1. The van der Waals surface area contributed by atoms with Gasteiger partial charge in [-0.15, -0.1) is 0 Å². The summed E-state index contributed by atoms with van der Waals surface area (Å²) in [5.74, 6) is 3.43. The molecule has 0 saturated carbocycles. The second-order valence-corrected chi connectivity index (χ2v) is 1.29. The summed E-state index contributed by atoms with van der Waals surface area (Å²) in [7, 11) is 0. The van der Waals surface area contributed by atoms with Crippen molar-refractivity contribution in [1.29, 1.82) is 0 Å². The maximum Gasteiger partial charge on any atom is 0.323 e. The third kappa shape index (κ3) is 4.60. The van der Waals surface area contributed by atoms with Crippen molar-refractivity contribution in [3.05, 3.63) is 0 Å². The molecule has 0 heterocycles. The van der Waals surface area contributed by atoms with E-state index in [0.29, 0.717) is 4.90 Å². The Bertz CT molecular complexity index is 190. The highest BCUT2D eigenvalue weighted by Gasteiger charge is 1.97. The van der Waals surface area contributed by atoms with Gasteiger partial charge in [-0.3, -0.25) is 4.79 Å². The Hall–Kier alpha value is -1.26. The van der Waals surface area contributed by atoms with Crippen LogP contribution < -0.4 is 5.84 Å². The average molecular weight is 134 g/mol. The van der Waals surface area contributed by atoms with Gasteiger partial charge in [0.15, 0.2) is 0 Å². The van der Waals surface area contributed by atoms with Gasteiger partial charge in [0.2, 0.25) is 0 Å². The van der Waals surface area contributed by atoms with Crippen LogP contribution >= 0.6 is 0 Å². The number of carbonyl (C=O) groups is 1. The minimum Gasteiger partial charge on any atom is -0.480 e. The third-order valence-corrected chi connectivity index (χ3v) is 0.512. The monoisotopic (exact) mass is 134 g/mol. The van der Waals surface area contributed by atoms with E-state index in [-0.39, 0.29) is 0 Å². The van der Waals surface area contributed by atoms with Gasteiger partial charge >= 0.3 is 5.97 Å². The van der Waals surface area contributed by atoms with E-state index >= 15 is 0 Å². The molecule has 9 heavy (non-hydrogen) atoms. The summed E-state index contributed by atoms with van der Waals surface area (Å²) >= 11 is 0. The summed E-state index contributed by atoms with van der Waals surface area (Å²) in [5.41, 5.74) is 0. The van der Waals surface area contributed by atoms with Crippen molar-refractivity contribution >= 4 is 12.3 Å².